The molecule has 0 saturated heterocycles. The number of nitrogens with one attached hydrogen (secondary N) is 1. The van der Waals surface area contributed by atoms with Crippen molar-refractivity contribution in [1.82, 2.24) is 10.2 Å². The summed E-state index contributed by atoms with van der Waals surface area (Å²) in [6.07, 6.45) is 0.228. The Labute approximate surface area is 252 Å². The Kier molecular flexibility index (Phi) is 10.0. The maximum absolute atomic E-state index is 14.3. The smallest absolute Gasteiger partial charge is 0.264 e. The molecule has 1 N–H and O–H groups in total. The van der Waals surface area contributed by atoms with E-state index in [2.05, 4.69) is 5.32 Å². The normalized spacial score (nSPS) is 11.9. The highest BCUT2D eigenvalue weighted by Crippen LogP contribution is 2.26. The van der Waals surface area contributed by atoms with Gasteiger partial charge >= 0.3 is 0 Å². The molecule has 218 valence electrons. The highest BCUT2D eigenvalue weighted by Gasteiger charge is 2.34. The van der Waals surface area contributed by atoms with E-state index in [0.29, 0.717) is 16.3 Å². The lowest BCUT2D eigenvalue weighted by molar-refractivity contribution is -0.139. The van der Waals surface area contributed by atoms with Crippen molar-refractivity contribution in [2.45, 2.75) is 37.8 Å². The van der Waals surface area contributed by atoms with Crippen molar-refractivity contribution in [1.29, 1.82) is 0 Å². The van der Waals surface area contributed by atoms with E-state index in [1.165, 1.54) is 24.1 Å². The van der Waals surface area contributed by atoms with Crippen LogP contribution in [0.1, 0.15) is 22.3 Å². The van der Waals surface area contributed by atoms with E-state index in [4.69, 9.17) is 11.6 Å². The zero-order valence-corrected chi connectivity index (χ0v) is 25.4. The molecule has 0 aliphatic rings. The highest BCUT2D eigenvalue weighted by molar-refractivity contribution is 7.92. The van der Waals surface area contributed by atoms with Crippen molar-refractivity contribution in [2.24, 2.45) is 0 Å². The van der Waals surface area contributed by atoms with E-state index < -0.39 is 28.5 Å². The third-order valence-electron chi connectivity index (χ3n) is 7.03. The SMILES string of the molecule is CNC(=O)[C@@H](Cc1ccccc1)N(Cc1ccccc1Cl)C(=O)CN(c1ccc(C)cc1)S(=O)(=O)c1ccc(C)cc1. The number of carbonyl (C=O) groups excluding carboxylic acids is 2. The van der Waals surface area contributed by atoms with Crippen LogP contribution < -0.4 is 9.62 Å². The molecule has 0 radical (unpaired) electrons. The summed E-state index contributed by atoms with van der Waals surface area (Å²) in [5.41, 5.74) is 3.68. The molecule has 0 aromatic heterocycles. The van der Waals surface area contributed by atoms with E-state index in [-0.39, 0.29) is 23.8 Å². The van der Waals surface area contributed by atoms with Gasteiger partial charge in [0.2, 0.25) is 11.8 Å². The van der Waals surface area contributed by atoms with Crippen LogP contribution in [-0.2, 0) is 32.6 Å². The number of hydrogen-bond donors (Lipinski definition) is 1. The van der Waals surface area contributed by atoms with Crippen LogP contribution in [0, 0.1) is 13.8 Å². The van der Waals surface area contributed by atoms with Crippen LogP contribution in [0.25, 0.3) is 0 Å². The number of carbonyl (C=O) groups is 2. The predicted octanol–water partition coefficient (Wildman–Crippen LogP) is 5.54. The maximum atomic E-state index is 14.3. The van der Waals surface area contributed by atoms with Crippen LogP contribution in [0.2, 0.25) is 5.02 Å². The predicted molar refractivity (Wildman–Crippen MR) is 167 cm³/mol. The zero-order chi connectivity index (χ0) is 30.3. The van der Waals surface area contributed by atoms with Gasteiger partial charge < -0.3 is 10.2 Å². The molecular weight excluding hydrogens is 570 g/mol. The molecule has 0 spiro atoms. The number of likely N-dealkylation sites (N-methyl/N-ethyl adjacent to an activating group) is 1. The van der Waals surface area contributed by atoms with E-state index in [1.54, 1.807) is 60.7 Å². The van der Waals surface area contributed by atoms with Crippen LogP contribution in [0.15, 0.2) is 108 Å². The Bertz CT molecular complexity index is 1630. The number of nitrogens with zero attached hydrogens (tertiary/aromatic N) is 2. The Morgan fingerprint density at radius 2 is 1.38 bits per heavy atom. The minimum atomic E-state index is -4.14. The van der Waals surface area contributed by atoms with E-state index >= 15 is 0 Å². The van der Waals surface area contributed by atoms with E-state index in [9.17, 15) is 18.0 Å². The summed E-state index contributed by atoms with van der Waals surface area (Å²) >= 11 is 6.49. The molecule has 0 fully saturated rings. The second-order valence-corrected chi connectivity index (χ2v) is 12.4. The molecule has 2 amide bonds. The molecule has 0 saturated carbocycles. The van der Waals surface area contributed by atoms with Crippen LogP contribution in [-0.4, -0.2) is 44.8 Å². The van der Waals surface area contributed by atoms with Crippen molar-refractivity contribution in [2.75, 3.05) is 17.9 Å². The van der Waals surface area contributed by atoms with Crippen molar-refractivity contribution < 1.29 is 18.0 Å². The van der Waals surface area contributed by atoms with Gasteiger partial charge in [0.05, 0.1) is 10.6 Å². The number of halogens is 1. The number of benzene rings is 4. The summed E-state index contributed by atoms with van der Waals surface area (Å²) in [4.78, 5) is 29.1. The first-order valence-electron chi connectivity index (χ1n) is 13.5. The van der Waals surface area contributed by atoms with Crippen LogP contribution in [0.4, 0.5) is 5.69 Å². The lowest BCUT2D eigenvalue weighted by Crippen LogP contribution is -2.53. The maximum Gasteiger partial charge on any atom is 0.264 e. The fraction of sp³-hybridized carbons (Fsp3) is 0.212. The Morgan fingerprint density at radius 1 is 0.810 bits per heavy atom. The summed E-state index contributed by atoms with van der Waals surface area (Å²) in [6, 6.07) is 29.0. The fourth-order valence-electron chi connectivity index (χ4n) is 4.61. The summed E-state index contributed by atoms with van der Waals surface area (Å²) in [5.74, 6) is -0.918. The lowest BCUT2D eigenvalue weighted by atomic mass is 10.0. The molecular formula is C33H34ClN3O4S. The Balaban J connectivity index is 1.79. The van der Waals surface area contributed by atoms with Gasteiger partial charge in [-0.15, -0.1) is 0 Å². The molecule has 4 rings (SSSR count). The second-order valence-electron chi connectivity index (χ2n) is 10.1. The standard InChI is InChI=1S/C33H34ClN3O4S/c1-24-13-17-28(18-14-24)37(42(40,41)29-19-15-25(2)16-20-29)23-32(38)36(22-27-11-7-8-12-30(27)34)31(33(39)35-3)21-26-9-5-4-6-10-26/h4-20,31H,21-23H2,1-3H3,(H,35,39)/t31-/m1/s1. The third-order valence-corrected chi connectivity index (χ3v) is 9.18. The average molecular weight is 604 g/mol. The number of rotatable bonds is 11. The molecule has 0 aliphatic heterocycles. The first-order valence-corrected chi connectivity index (χ1v) is 15.4. The summed E-state index contributed by atoms with van der Waals surface area (Å²) in [7, 11) is -2.63. The number of hydrogen-bond acceptors (Lipinski definition) is 4. The van der Waals surface area contributed by atoms with Gasteiger partial charge in [-0.05, 0) is 55.3 Å². The summed E-state index contributed by atoms with van der Waals surface area (Å²) < 4.78 is 29.1. The minimum Gasteiger partial charge on any atom is -0.357 e. The summed E-state index contributed by atoms with van der Waals surface area (Å²) in [5, 5.41) is 3.11. The van der Waals surface area contributed by atoms with Crippen molar-refractivity contribution in [3.05, 3.63) is 130 Å². The number of amides is 2. The topological polar surface area (TPSA) is 86.8 Å². The van der Waals surface area contributed by atoms with Gasteiger partial charge in [-0.2, -0.15) is 0 Å². The minimum absolute atomic E-state index is 0.00967. The lowest BCUT2D eigenvalue weighted by Gasteiger charge is -2.33. The molecule has 0 bridgehead atoms. The van der Waals surface area contributed by atoms with Crippen LogP contribution in [0.5, 0.6) is 0 Å². The Hall–Kier alpha value is -4.14. The van der Waals surface area contributed by atoms with Gasteiger partial charge in [0.1, 0.15) is 12.6 Å². The molecule has 0 heterocycles. The molecule has 0 aliphatic carbocycles. The molecule has 0 unspecified atom stereocenters. The van der Waals surface area contributed by atoms with E-state index in [0.717, 1.165) is 21.0 Å². The molecule has 42 heavy (non-hydrogen) atoms. The average Bonchev–Trinajstić information content (AvgIpc) is 2.99. The third kappa shape index (κ3) is 7.38. The molecule has 1 atom stereocenters. The first-order chi connectivity index (χ1) is 20.1. The molecule has 4 aromatic carbocycles. The Morgan fingerprint density at radius 3 is 1.98 bits per heavy atom. The largest absolute Gasteiger partial charge is 0.357 e. The van der Waals surface area contributed by atoms with Gasteiger partial charge in [0.15, 0.2) is 0 Å². The molecule has 9 heteroatoms. The van der Waals surface area contributed by atoms with Gasteiger partial charge in [-0.3, -0.25) is 13.9 Å². The van der Waals surface area contributed by atoms with Crippen LogP contribution >= 0.6 is 11.6 Å². The summed E-state index contributed by atoms with van der Waals surface area (Å²) in [6.45, 7) is 3.26. The van der Waals surface area contributed by atoms with Crippen molar-refractivity contribution in [3.8, 4) is 0 Å². The second kappa shape index (κ2) is 13.7. The van der Waals surface area contributed by atoms with Crippen LogP contribution in [0.3, 0.4) is 0 Å². The van der Waals surface area contributed by atoms with Gasteiger partial charge in [0.25, 0.3) is 10.0 Å². The van der Waals surface area contributed by atoms with Gasteiger partial charge in [-0.1, -0.05) is 95.5 Å². The number of sulfonamides is 1. The number of anilines is 1. The molecule has 7 nitrogen and oxygen atoms in total. The van der Waals surface area contributed by atoms with Gasteiger partial charge in [-0.25, -0.2) is 8.42 Å². The first kappa shape index (κ1) is 30.8. The number of aryl methyl sites for hydroxylation is 2. The van der Waals surface area contributed by atoms with Gasteiger partial charge in [0, 0.05) is 25.0 Å². The monoisotopic (exact) mass is 603 g/mol. The van der Waals surface area contributed by atoms with Crippen molar-refractivity contribution >= 4 is 39.1 Å². The highest BCUT2D eigenvalue weighted by atomic mass is 35.5. The quantitative estimate of drug-likeness (QED) is 0.244. The molecule has 4 aromatic rings. The fourth-order valence-corrected chi connectivity index (χ4v) is 6.22. The zero-order valence-electron chi connectivity index (χ0n) is 23.8. The van der Waals surface area contributed by atoms with Crippen molar-refractivity contribution in [3.63, 3.8) is 0 Å². The van der Waals surface area contributed by atoms with E-state index in [1.807, 2.05) is 44.2 Å².